The molecule has 2 aromatic rings. The molecule has 0 amide bonds. The van der Waals surface area contributed by atoms with E-state index in [9.17, 15) is 0 Å². The summed E-state index contributed by atoms with van der Waals surface area (Å²) < 4.78 is 5.93. The second kappa shape index (κ2) is 5.81. The van der Waals surface area contributed by atoms with Crippen molar-refractivity contribution in [3.05, 3.63) is 51.2 Å². The molecule has 0 aliphatic carbocycles. The summed E-state index contributed by atoms with van der Waals surface area (Å²) in [5.74, 6) is 1.31. The number of ether oxygens (including phenoxy) is 1. The number of hydrogen-bond donors (Lipinski definition) is 1. The van der Waals surface area contributed by atoms with Gasteiger partial charge >= 0.3 is 0 Å². The van der Waals surface area contributed by atoms with Crippen LogP contribution in [0.3, 0.4) is 0 Å². The molecule has 3 nitrogen and oxygen atoms in total. The van der Waals surface area contributed by atoms with E-state index >= 15 is 0 Å². The van der Waals surface area contributed by atoms with Crippen LogP contribution in [-0.4, -0.2) is 4.98 Å². The van der Waals surface area contributed by atoms with Gasteiger partial charge in [-0.2, -0.15) is 0 Å². The Morgan fingerprint density at radius 3 is 2.20 bits per heavy atom. The molecule has 0 bridgehead atoms. The Hall–Kier alpha value is -1.58. The highest BCUT2D eigenvalue weighted by atomic mass is 35.5. The van der Waals surface area contributed by atoms with E-state index in [1.165, 1.54) is 0 Å². The van der Waals surface area contributed by atoms with Gasteiger partial charge in [-0.15, -0.1) is 0 Å². The quantitative estimate of drug-likeness (QED) is 0.920. The summed E-state index contributed by atoms with van der Waals surface area (Å²) in [6.07, 6.45) is 0. The topological polar surface area (TPSA) is 48.1 Å². The predicted octanol–water partition coefficient (Wildman–Crippen LogP) is 4.22. The van der Waals surface area contributed by atoms with Crippen molar-refractivity contribution in [2.24, 2.45) is 5.73 Å². The Bertz CT molecular complexity index is 630. The number of hydrogen-bond acceptors (Lipinski definition) is 3. The lowest BCUT2D eigenvalue weighted by Gasteiger charge is -2.14. The van der Waals surface area contributed by atoms with Crippen LogP contribution in [0.2, 0.25) is 5.02 Å². The SMILES string of the molecule is Cc1cc(C)c(CN)c(Oc2cc(C)c(Cl)c(C)c2)n1. The van der Waals surface area contributed by atoms with Gasteiger partial charge in [-0.3, -0.25) is 0 Å². The van der Waals surface area contributed by atoms with Gasteiger partial charge in [0, 0.05) is 22.8 Å². The third-order valence-corrected chi connectivity index (χ3v) is 3.86. The van der Waals surface area contributed by atoms with Crippen LogP contribution in [0.15, 0.2) is 18.2 Å². The minimum atomic E-state index is 0.403. The van der Waals surface area contributed by atoms with Crippen LogP contribution in [0.4, 0.5) is 0 Å². The summed E-state index contributed by atoms with van der Waals surface area (Å²) in [4.78, 5) is 4.45. The van der Waals surface area contributed by atoms with E-state index in [-0.39, 0.29) is 0 Å². The fraction of sp³-hybridized carbons (Fsp3) is 0.312. The maximum absolute atomic E-state index is 6.17. The molecule has 0 aliphatic heterocycles. The largest absolute Gasteiger partial charge is 0.439 e. The Kier molecular flexibility index (Phi) is 4.31. The predicted molar refractivity (Wildman–Crippen MR) is 82.6 cm³/mol. The molecule has 0 unspecified atom stereocenters. The van der Waals surface area contributed by atoms with Crippen LogP contribution in [-0.2, 0) is 6.54 Å². The van der Waals surface area contributed by atoms with Gasteiger partial charge in [-0.1, -0.05) is 11.6 Å². The molecule has 1 aromatic carbocycles. The summed E-state index contributed by atoms with van der Waals surface area (Å²) in [5.41, 5.74) is 10.7. The molecule has 0 saturated carbocycles. The fourth-order valence-corrected chi connectivity index (χ4v) is 2.35. The highest BCUT2D eigenvalue weighted by Crippen LogP contribution is 2.30. The average molecular weight is 291 g/mol. The number of aryl methyl sites for hydroxylation is 4. The third-order valence-electron chi connectivity index (χ3n) is 3.27. The molecule has 2 N–H and O–H groups in total. The van der Waals surface area contributed by atoms with Crippen molar-refractivity contribution < 1.29 is 4.74 Å². The highest BCUT2D eigenvalue weighted by Gasteiger charge is 2.11. The zero-order chi connectivity index (χ0) is 14.9. The van der Waals surface area contributed by atoms with Gasteiger partial charge in [0.15, 0.2) is 0 Å². The third kappa shape index (κ3) is 2.94. The Morgan fingerprint density at radius 2 is 1.65 bits per heavy atom. The van der Waals surface area contributed by atoms with Crippen LogP contribution < -0.4 is 10.5 Å². The first kappa shape index (κ1) is 14.8. The molecule has 0 atom stereocenters. The van der Waals surface area contributed by atoms with E-state index in [1.54, 1.807) is 0 Å². The molecular formula is C16H19ClN2O. The Labute approximate surface area is 124 Å². The van der Waals surface area contributed by atoms with Crippen molar-refractivity contribution in [2.45, 2.75) is 34.2 Å². The second-order valence-electron chi connectivity index (χ2n) is 5.04. The average Bonchev–Trinajstić information content (AvgIpc) is 2.35. The first-order chi connectivity index (χ1) is 9.42. The number of aromatic nitrogens is 1. The van der Waals surface area contributed by atoms with Crippen LogP contribution in [0.25, 0.3) is 0 Å². The number of rotatable bonds is 3. The standard InChI is InChI=1S/C16H19ClN2O/c1-9-5-12(4)19-16(14(9)8-18)20-13-6-10(2)15(17)11(3)7-13/h5-7H,8,18H2,1-4H3. The van der Waals surface area contributed by atoms with E-state index in [1.807, 2.05) is 45.9 Å². The summed E-state index contributed by atoms with van der Waals surface area (Å²) in [7, 11) is 0. The molecule has 0 saturated heterocycles. The summed E-state index contributed by atoms with van der Waals surface area (Å²) in [6.45, 7) is 8.28. The lowest BCUT2D eigenvalue weighted by atomic mass is 10.1. The lowest BCUT2D eigenvalue weighted by molar-refractivity contribution is 0.453. The summed E-state index contributed by atoms with van der Waals surface area (Å²) >= 11 is 6.17. The van der Waals surface area contributed by atoms with E-state index in [4.69, 9.17) is 22.1 Å². The Balaban J connectivity index is 2.44. The van der Waals surface area contributed by atoms with Gasteiger partial charge in [0.25, 0.3) is 0 Å². The maximum Gasteiger partial charge on any atom is 0.224 e. The highest BCUT2D eigenvalue weighted by molar-refractivity contribution is 6.32. The van der Waals surface area contributed by atoms with Gasteiger partial charge in [-0.25, -0.2) is 4.98 Å². The molecule has 0 aliphatic rings. The van der Waals surface area contributed by atoms with Crippen molar-refractivity contribution in [3.8, 4) is 11.6 Å². The maximum atomic E-state index is 6.17. The van der Waals surface area contributed by atoms with Gasteiger partial charge in [0.05, 0.1) is 0 Å². The first-order valence-corrected chi connectivity index (χ1v) is 6.92. The van der Waals surface area contributed by atoms with Crippen molar-refractivity contribution in [3.63, 3.8) is 0 Å². The van der Waals surface area contributed by atoms with Crippen molar-refractivity contribution in [1.82, 2.24) is 4.98 Å². The zero-order valence-electron chi connectivity index (χ0n) is 12.2. The normalized spacial score (nSPS) is 10.7. The lowest BCUT2D eigenvalue weighted by Crippen LogP contribution is -2.05. The van der Waals surface area contributed by atoms with Crippen LogP contribution >= 0.6 is 11.6 Å². The van der Waals surface area contributed by atoms with Gasteiger partial charge in [0.2, 0.25) is 5.88 Å². The van der Waals surface area contributed by atoms with Gasteiger partial charge in [0.1, 0.15) is 5.75 Å². The molecule has 0 fully saturated rings. The van der Waals surface area contributed by atoms with Crippen molar-refractivity contribution in [1.29, 1.82) is 0 Å². The number of pyridine rings is 1. The van der Waals surface area contributed by atoms with Gasteiger partial charge < -0.3 is 10.5 Å². The number of nitrogens with two attached hydrogens (primary N) is 1. The van der Waals surface area contributed by atoms with Crippen LogP contribution in [0.5, 0.6) is 11.6 Å². The number of halogens is 1. The number of nitrogens with zero attached hydrogens (tertiary/aromatic N) is 1. The molecule has 2 rings (SSSR count). The van der Waals surface area contributed by atoms with E-state index < -0.39 is 0 Å². The monoisotopic (exact) mass is 290 g/mol. The minimum Gasteiger partial charge on any atom is -0.439 e. The second-order valence-corrected chi connectivity index (χ2v) is 5.42. The summed E-state index contributed by atoms with van der Waals surface area (Å²) in [5, 5.41) is 0.768. The molecular weight excluding hydrogens is 272 g/mol. The molecule has 0 radical (unpaired) electrons. The van der Waals surface area contributed by atoms with Crippen molar-refractivity contribution >= 4 is 11.6 Å². The molecule has 1 heterocycles. The smallest absolute Gasteiger partial charge is 0.224 e. The molecule has 20 heavy (non-hydrogen) atoms. The molecule has 1 aromatic heterocycles. The van der Waals surface area contributed by atoms with E-state index in [2.05, 4.69) is 4.98 Å². The molecule has 106 valence electrons. The van der Waals surface area contributed by atoms with E-state index in [0.29, 0.717) is 12.4 Å². The molecule has 0 spiro atoms. The minimum absolute atomic E-state index is 0.403. The summed E-state index contributed by atoms with van der Waals surface area (Å²) in [6, 6.07) is 5.83. The molecule has 4 heteroatoms. The van der Waals surface area contributed by atoms with Crippen LogP contribution in [0.1, 0.15) is 27.9 Å². The van der Waals surface area contributed by atoms with Gasteiger partial charge in [-0.05, 0) is 62.6 Å². The number of benzene rings is 1. The fourth-order valence-electron chi connectivity index (χ4n) is 2.24. The van der Waals surface area contributed by atoms with Crippen molar-refractivity contribution in [2.75, 3.05) is 0 Å². The van der Waals surface area contributed by atoms with Crippen LogP contribution in [0, 0.1) is 27.7 Å². The van der Waals surface area contributed by atoms with E-state index in [0.717, 1.165) is 38.7 Å². The zero-order valence-corrected chi connectivity index (χ0v) is 13.0. The first-order valence-electron chi connectivity index (χ1n) is 6.54. The Morgan fingerprint density at radius 1 is 1.05 bits per heavy atom.